The Morgan fingerprint density at radius 2 is 2.09 bits per heavy atom. The van der Waals surface area contributed by atoms with Crippen LogP contribution < -0.4 is 10.6 Å². The fraction of sp³-hybridized carbons (Fsp3) is 0.375. The predicted octanol–water partition coefficient (Wildman–Crippen LogP) is 2.16. The molecule has 0 aliphatic heterocycles. The Hall–Kier alpha value is -2.54. The van der Waals surface area contributed by atoms with Crippen molar-refractivity contribution in [3.8, 4) is 11.5 Å². The Kier molecular flexibility index (Phi) is 3.23. The molecule has 7 heteroatoms. The molecule has 7 nitrogen and oxygen atoms in total. The summed E-state index contributed by atoms with van der Waals surface area (Å²) in [5.41, 5.74) is 7.80. The van der Waals surface area contributed by atoms with Crippen molar-refractivity contribution in [3.63, 3.8) is 0 Å². The Morgan fingerprint density at radius 3 is 2.83 bits per heavy atom. The summed E-state index contributed by atoms with van der Waals surface area (Å²) in [7, 11) is 3.92. The third-order valence-corrected chi connectivity index (χ3v) is 4.16. The van der Waals surface area contributed by atoms with E-state index in [1.165, 1.54) is 0 Å². The average molecular weight is 310 g/mol. The molecule has 2 heterocycles. The molecule has 1 unspecified atom stereocenters. The molecule has 0 amide bonds. The van der Waals surface area contributed by atoms with Crippen LogP contribution in [-0.4, -0.2) is 34.2 Å². The van der Waals surface area contributed by atoms with Crippen molar-refractivity contribution in [2.75, 3.05) is 19.0 Å². The molecule has 2 aromatic heterocycles. The van der Waals surface area contributed by atoms with E-state index in [9.17, 15) is 0 Å². The van der Waals surface area contributed by atoms with Gasteiger partial charge in [-0.15, -0.1) is 0 Å². The lowest BCUT2D eigenvalue weighted by Crippen LogP contribution is -2.13. The molecule has 23 heavy (non-hydrogen) atoms. The van der Waals surface area contributed by atoms with E-state index < -0.39 is 0 Å². The van der Waals surface area contributed by atoms with Crippen molar-refractivity contribution in [1.29, 1.82) is 0 Å². The normalized spacial score (nSPS) is 15.8. The van der Waals surface area contributed by atoms with Crippen LogP contribution in [0.25, 0.3) is 22.4 Å². The van der Waals surface area contributed by atoms with Gasteiger partial charge in [-0.25, -0.2) is 9.97 Å². The molecule has 0 bridgehead atoms. The second kappa shape index (κ2) is 5.27. The third-order valence-electron chi connectivity index (χ3n) is 4.16. The van der Waals surface area contributed by atoms with Gasteiger partial charge in [-0.3, -0.25) is 0 Å². The van der Waals surface area contributed by atoms with Gasteiger partial charge in [-0.05, 0) is 37.0 Å². The van der Waals surface area contributed by atoms with Gasteiger partial charge < -0.3 is 15.2 Å². The van der Waals surface area contributed by atoms with Crippen molar-refractivity contribution in [2.45, 2.75) is 18.9 Å². The monoisotopic (exact) mass is 310 g/mol. The number of rotatable bonds is 4. The fourth-order valence-electron chi connectivity index (χ4n) is 2.69. The van der Waals surface area contributed by atoms with E-state index in [0.717, 1.165) is 35.1 Å². The second-order valence-corrected chi connectivity index (χ2v) is 6.14. The number of fused-ring (bicyclic) bond motifs is 1. The van der Waals surface area contributed by atoms with E-state index in [1.54, 1.807) is 6.33 Å². The van der Waals surface area contributed by atoms with E-state index >= 15 is 0 Å². The Bertz CT molecular complexity index is 855. The minimum absolute atomic E-state index is 0.129. The first-order valence-electron chi connectivity index (χ1n) is 7.65. The standard InChI is InChI=1S/C16H18N6O/c1-22(2)15-11-6-5-10(7-12(11)18-8-19-15)16-20-14(21-23-16)13(17)9-3-4-9/h5-9,13H,3-4,17H2,1-2H3. The first-order valence-corrected chi connectivity index (χ1v) is 7.65. The van der Waals surface area contributed by atoms with Gasteiger partial charge in [0, 0.05) is 25.0 Å². The quantitative estimate of drug-likeness (QED) is 0.789. The first kappa shape index (κ1) is 14.1. The predicted molar refractivity (Wildman–Crippen MR) is 86.8 cm³/mol. The summed E-state index contributed by atoms with van der Waals surface area (Å²) in [6, 6.07) is 5.73. The highest BCUT2D eigenvalue weighted by Gasteiger charge is 2.32. The topological polar surface area (TPSA) is 94.0 Å². The van der Waals surface area contributed by atoms with Gasteiger partial charge in [0.25, 0.3) is 5.89 Å². The maximum absolute atomic E-state index is 6.12. The zero-order valence-corrected chi connectivity index (χ0v) is 13.1. The molecular formula is C16H18N6O. The van der Waals surface area contributed by atoms with Crippen LogP contribution in [0.2, 0.25) is 0 Å². The van der Waals surface area contributed by atoms with Gasteiger partial charge in [0.15, 0.2) is 5.82 Å². The van der Waals surface area contributed by atoms with Crippen molar-refractivity contribution in [1.82, 2.24) is 20.1 Å². The zero-order chi connectivity index (χ0) is 16.0. The molecule has 0 saturated heterocycles. The van der Waals surface area contributed by atoms with Crippen LogP contribution in [0.1, 0.15) is 24.7 Å². The Balaban J connectivity index is 1.72. The lowest BCUT2D eigenvalue weighted by Gasteiger charge is -2.13. The smallest absolute Gasteiger partial charge is 0.258 e. The number of nitrogens with zero attached hydrogens (tertiary/aromatic N) is 5. The number of nitrogens with two attached hydrogens (primary N) is 1. The molecule has 1 fully saturated rings. The van der Waals surface area contributed by atoms with Gasteiger partial charge in [-0.2, -0.15) is 4.98 Å². The molecule has 118 valence electrons. The van der Waals surface area contributed by atoms with E-state index in [2.05, 4.69) is 20.1 Å². The van der Waals surface area contributed by atoms with Gasteiger partial charge in [0.1, 0.15) is 12.1 Å². The molecule has 2 N–H and O–H groups in total. The zero-order valence-electron chi connectivity index (χ0n) is 13.1. The van der Waals surface area contributed by atoms with Crippen molar-refractivity contribution < 1.29 is 4.52 Å². The molecule has 4 rings (SSSR count). The summed E-state index contributed by atoms with van der Waals surface area (Å²) in [5, 5.41) is 5.01. The molecule has 1 aliphatic carbocycles. The van der Waals surface area contributed by atoms with Crippen LogP contribution >= 0.6 is 0 Å². The summed E-state index contributed by atoms with van der Waals surface area (Å²) in [4.78, 5) is 15.1. The molecule has 0 spiro atoms. The van der Waals surface area contributed by atoms with Crippen molar-refractivity contribution >= 4 is 16.7 Å². The van der Waals surface area contributed by atoms with Gasteiger partial charge in [-0.1, -0.05) is 5.16 Å². The van der Waals surface area contributed by atoms with Gasteiger partial charge in [0.05, 0.1) is 11.6 Å². The molecule has 1 aromatic carbocycles. The molecular weight excluding hydrogens is 292 g/mol. The SMILES string of the molecule is CN(C)c1ncnc2cc(-c3nc(C(N)C4CC4)no3)ccc12. The summed E-state index contributed by atoms with van der Waals surface area (Å²) in [6.07, 6.45) is 3.85. The lowest BCUT2D eigenvalue weighted by atomic mass is 10.1. The number of hydrogen-bond donors (Lipinski definition) is 1. The van der Waals surface area contributed by atoms with E-state index in [4.69, 9.17) is 10.3 Å². The lowest BCUT2D eigenvalue weighted by molar-refractivity contribution is 0.411. The van der Waals surface area contributed by atoms with Crippen LogP contribution in [0.15, 0.2) is 29.0 Å². The van der Waals surface area contributed by atoms with Gasteiger partial charge >= 0.3 is 0 Å². The van der Waals surface area contributed by atoms with E-state index in [0.29, 0.717) is 17.6 Å². The second-order valence-electron chi connectivity index (χ2n) is 6.14. The summed E-state index contributed by atoms with van der Waals surface area (Å²) >= 11 is 0. The first-order chi connectivity index (χ1) is 11.1. The molecule has 0 radical (unpaired) electrons. The van der Waals surface area contributed by atoms with Crippen LogP contribution in [-0.2, 0) is 0 Å². The third kappa shape index (κ3) is 2.53. The van der Waals surface area contributed by atoms with Crippen molar-refractivity contribution in [2.24, 2.45) is 11.7 Å². The van der Waals surface area contributed by atoms with Crippen LogP contribution in [0, 0.1) is 5.92 Å². The number of anilines is 1. The minimum atomic E-state index is -0.129. The highest BCUT2D eigenvalue weighted by molar-refractivity contribution is 5.91. The summed E-state index contributed by atoms with van der Waals surface area (Å²) in [5.74, 6) is 2.43. The van der Waals surface area contributed by atoms with Crippen LogP contribution in [0.5, 0.6) is 0 Å². The van der Waals surface area contributed by atoms with Crippen molar-refractivity contribution in [3.05, 3.63) is 30.4 Å². The van der Waals surface area contributed by atoms with E-state index in [-0.39, 0.29) is 6.04 Å². The number of benzene rings is 1. The van der Waals surface area contributed by atoms with Crippen LogP contribution in [0.3, 0.4) is 0 Å². The molecule has 3 aromatic rings. The Labute approximate surface area is 133 Å². The maximum Gasteiger partial charge on any atom is 0.258 e. The van der Waals surface area contributed by atoms with Crippen LogP contribution in [0.4, 0.5) is 5.82 Å². The maximum atomic E-state index is 6.12. The molecule has 1 atom stereocenters. The largest absolute Gasteiger partial charge is 0.362 e. The summed E-state index contributed by atoms with van der Waals surface area (Å²) in [6.45, 7) is 0. The summed E-state index contributed by atoms with van der Waals surface area (Å²) < 4.78 is 5.38. The van der Waals surface area contributed by atoms with Gasteiger partial charge in [0.2, 0.25) is 0 Å². The fourth-order valence-corrected chi connectivity index (χ4v) is 2.69. The number of aromatic nitrogens is 4. The van der Waals surface area contributed by atoms with E-state index in [1.807, 2.05) is 37.2 Å². The average Bonchev–Trinajstić information content (AvgIpc) is 3.29. The molecule has 1 aliphatic rings. The minimum Gasteiger partial charge on any atom is -0.362 e. The Morgan fingerprint density at radius 1 is 1.26 bits per heavy atom. The highest BCUT2D eigenvalue weighted by atomic mass is 16.5. The molecule has 1 saturated carbocycles. The number of hydrogen-bond acceptors (Lipinski definition) is 7. The highest BCUT2D eigenvalue weighted by Crippen LogP contribution is 2.38.